The molecule has 1 aromatic rings. The molecule has 106 valence electrons. The minimum absolute atomic E-state index is 0.0951. The summed E-state index contributed by atoms with van der Waals surface area (Å²) in [4.78, 5) is 2.25. The van der Waals surface area contributed by atoms with E-state index in [1.807, 2.05) is 6.92 Å². The number of hydrogen-bond donors (Lipinski definition) is 2. The number of hydrogen-bond acceptors (Lipinski definition) is 4. The zero-order valence-corrected chi connectivity index (χ0v) is 12.4. The van der Waals surface area contributed by atoms with Crippen molar-refractivity contribution in [3.63, 3.8) is 0 Å². The highest BCUT2D eigenvalue weighted by Gasteiger charge is 2.34. The maximum atomic E-state index is 10.0. The second kappa shape index (κ2) is 5.57. The molecule has 0 bridgehead atoms. The summed E-state index contributed by atoms with van der Waals surface area (Å²) in [5, 5.41) is 10.6. The Morgan fingerprint density at radius 3 is 2.79 bits per heavy atom. The van der Waals surface area contributed by atoms with Crippen molar-refractivity contribution in [1.82, 2.24) is 4.90 Å². The number of halogens is 1. The van der Waals surface area contributed by atoms with Gasteiger partial charge >= 0.3 is 0 Å². The lowest BCUT2D eigenvalue weighted by Gasteiger charge is -2.25. The average Bonchev–Trinajstić information content (AvgIpc) is 2.74. The highest BCUT2D eigenvalue weighted by molar-refractivity contribution is 6.31. The summed E-state index contributed by atoms with van der Waals surface area (Å²) in [6.45, 7) is 3.59. The summed E-state index contributed by atoms with van der Waals surface area (Å²) in [5.41, 5.74) is 7.71. The van der Waals surface area contributed by atoms with Crippen LogP contribution in [-0.2, 0) is 0 Å². The first-order chi connectivity index (χ1) is 8.99. The van der Waals surface area contributed by atoms with E-state index in [-0.39, 0.29) is 11.8 Å². The van der Waals surface area contributed by atoms with Crippen molar-refractivity contribution < 1.29 is 9.84 Å². The first-order valence-electron chi connectivity index (χ1n) is 6.45. The quantitative estimate of drug-likeness (QED) is 0.894. The molecule has 0 spiro atoms. The zero-order valence-electron chi connectivity index (χ0n) is 11.6. The number of phenolic OH excluding ortho intramolecular Hbond substituents is 1. The van der Waals surface area contributed by atoms with Crippen LogP contribution in [0, 0.1) is 12.8 Å². The van der Waals surface area contributed by atoms with Gasteiger partial charge in [-0.3, -0.25) is 4.90 Å². The van der Waals surface area contributed by atoms with Crippen molar-refractivity contribution >= 4 is 11.6 Å². The summed E-state index contributed by atoms with van der Waals surface area (Å²) in [5.74, 6) is 1.09. The van der Waals surface area contributed by atoms with E-state index in [1.165, 1.54) is 6.07 Å². The maximum Gasteiger partial charge on any atom is 0.165 e. The number of likely N-dealkylation sites (tertiary alicyclic amines) is 1. The third-order valence-corrected chi connectivity index (χ3v) is 4.40. The number of rotatable bonds is 3. The number of nitrogens with two attached hydrogens (primary N) is 1. The topological polar surface area (TPSA) is 58.7 Å². The SMILES string of the molecule is COc1c(O)cc(Cl)c(C)c1C1CC(CN)CN1C. The van der Waals surface area contributed by atoms with Crippen molar-refractivity contribution in [1.29, 1.82) is 0 Å². The summed E-state index contributed by atoms with van der Waals surface area (Å²) in [6, 6.07) is 1.72. The van der Waals surface area contributed by atoms with Crippen LogP contribution in [0.5, 0.6) is 11.5 Å². The first-order valence-corrected chi connectivity index (χ1v) is 6.83. The zero-order chi connectivity index (χ0) is 14.2. The smallest absolute Gasteiger partial charge is 0.165 e. The van der Waals surface area contributed by atoms with Gasteiger partial charge in [-0.1, -0.05) is 11.6 Å². The van der Waals surface area contributed by atoms with Gasteiger partial charge in [-0.25, -0.2) is 0 Å². The lowest BCUT2D eigenvalue weighted by atomic mass is 9.95. The molecule has 2 unspecified atom stereocenters. The molecule has 1 aliphatic heterocycles. The third kappa shape index (κ3) is 2.53. The fraction of sp³-hybridized carbons (Fsp3) is 0.571. The Kier molecular flexibility index (Phi) is 4.23. The summed E-state index contributed by atoms with van der Waals surface area (Å²) in [6.07, 6.45) is 0.962. The molecule has 1 aromatic carbocycles. The van der Waals surface area contributed by atoms with E-state index in [2.05, 4.69) is 11.9 Å². The monoisotopic (exact) mass is 284 g/mol. The van der Waals surface area contributed by atoms with Crippen LogP contribution in [0.25, 0.3) is 0 Å². The van der Waals surface area contributed by atoms with E-state index >= 15 is 0 Å². The Balaban J connectivity index is 2.49. The van der Waals surface area contributed by atoms with E-state index in [0.29, 0.717) is 23.2 Å². The van der Waals surface area contributed by atoms with Crippen molar-refractivity contribution in [3.05, 3.63) is 22.2 Å². The van der Waals surface area contributed by atoms with Crippen molar-refractivity contribution in [2.45, 2.75) is 19.4 Å². The van der Waals surface area contributed by atoms with E-state index in [4.69, 9.17) is 22.1 Å². The molecule has 0 aliphatic carbocycles. The molecular weight excluding hydrogens is 264 g/mol. The molecule has 4 nitrogen and oxygen atoms in total. The van der Waals surface area contributed by atoms with Crippen molar-refractivity contribution in [2.75, 3.05) is 27.2 Å². The van der Waals surface area contributed by atoms with Gasteiger partial charge < -0.3 is 15.6 Å². The highest BCUT2D eigenvalue weighted by Crippen LogP contribution is 2.45. The van der Waals surface area contributed by atoms with Crippen LogP contribution in [0.1, 0.15) is 23.6 Å². The van der Waals surface area contributed by atoms with Crippen molar-refractivity contribution in [3.8, 4) is 11.5 Å². The van der Waals surface area contributed by atoms with Gasteiger partial charge in [0.15, 0.2) is 11.5 Å². The van der Waals surface area contributed by atoms with Crippen LogP contribution in [0.2, 0.25) is 5.02 Å². The van der Waals surface area contributed by atoms with Gasteiger partial charge in [0.05, 0.1) is 7.11 Å². The molecule has 0 saturated carbocycles. The predicted octanol–water partition coefficient (Wildman–Crippen LogP) is 2.31. The summed E-state index contributed by atoms with van der Waals surface area (Å²) < 4.78 is 5.38. The first kappa shape index (κ1) is 14.4. The Labute approximate surface area is 119 Å². The van der Waals surface area contributed by atoms with Gasteiger partial charge in [0.1, 0.15) is 0 Å². The van der Waals surface area contributed by atoms with Crippen LogP contribution in [0.15, 0.2) is 6.07 Å². The molecule has 0 amide bonds. The van der Waals surface area contributed by atoms with Crippen LogP contribution in [-0.4, -0.2) is 37.3 Å². The number of nitrogens with zero attached hydrogens (tertiary/aromatic N) is 1. The van der Waals surface area contributed by atoms with Crippen LogP contribution in [0.4, 0.5) is 0 Å². The number of methoxy groups -OCH3 is 1. The van der Waals surface area contributed by atoms with Gasteiger partial charge in [-0.15, -0.1) is 0 Å². The number of phenols is 1. The molecule has 1 heterocycles. The third-order valence-electron chi connectivity index (χ3n) is 4.01. The number of ether oxygens (including phenoxy) is 1. The van der Waals surface area contributed by atoms with Crippen LogP contribution in [0.3, 0.4) is 0 Å². The molecule has 3 N–H and O–H groups in total. The van der Waals surface area contributed by atoms with Gasteiger partial charge in [-0.05, 0) is 38.4 Å². The molecule has 2 rings (SSSR count). The summed E-state index contributed by atoms with van der Waals surface area (Å²) >= 11 is 6.19. The fourth-order valence-corrected chi connectivity index (χ4v) is 3.17. The minimum atomic E-state index is 0.0951. The molecule has 0 aromatic heterocycles. The molecule has 1 saturated heterocycles. The van der Waals surface area contributed by atoms with Gasteiger partial charge in [0.2, 0.25) is 0 Å². The lowest BCUT2D eigenvalue weighted by Crippen LogP contribution is -2.21. The Morgan fingerprint density at radius 2 is 2.26 bits per heavy atom. The number of benzene rings is 1. The van der Waals surface area contributed by atoms with Crippen LogP contribution >= 0.6 is 11.6 Å². The van der Waals surface area contributed by atoms with Gasteiger partial charge in [-0.2, -0.15) is 0 Å². The van der Waals surface area contributed by atoms with E-state index in [9.17, 15) is 5.11 Å². The Bertz CT molecular complexity index is 479. The van der Waals surface area contributed by atoms with E-state index < -0.39 is 0 Å². The van der Waals surface area contributed by atoms with E-state index in [1.54, 1.807) is 7.11 Å². The Morgan fingerprint density at radius 1 is 1.58 bits per heavy atom. The maximum absolute atomic E-state index is 10.0. The molecule has 1 aliphatic rings. The molecular formula is C14H21ClN2O2. The minimum Gasteiger partial charge on any atom is -0.504 e. The molecule has 19 heavy (non-hydrogen) atoms. The fourth-order valence-electron chi connectivity index (χ4n) is 2.96. The van der Waals surface area contributed by atoms with Crippen molar-refractivity contribution in [2.24, 2.45) is 11.7 Å². The lowest BCUT2D eigenvalue weighted by molar-refractivity contribution is 0.297. The normalized spacial score (nSPS) is 23.8. The highest BCUT2D eigenvalue weighted by atomic mass is 35.5. The molecule has 1 fully saturated rings. The largest absolute Gasteiger partial charge is 0.504 e. The molecule has 2 atom stereocenters. The Hall–Kier alpha value is -0.970. The van der Waals surface area contributed by atoms with E-state index in [0.717, 1.165) is 24.1 Å². The molecule has 5 heteroatoms. The predicted molar refractivity (Wildman–Crippen MR) is 76.9 cm³/mol. The van der Waals surface area contributed by atoms with Crippen LogP contribution < -0.4 is 10.5 Å². The second-order valence-electron chi connectivity index (χ2n) is 5.24. The number of aromatic hydroxyl groups is 1. The average molecular weight is 285 g/mol. The summed E-state index contributed by atoms with van der Waals surface area (Å²) in [7, 11) is 3.64. The molecule has 0 radical (unpaired) electrons. The standard InChI is InChI=1S/C14H21ClN2O2/c1-8-10(15)5-12(18)14(19-3)13(8)11-4-9(6-16)7-17(11)2/h5,9,11,18H,4,6-7,16H2,1-3H3. The second-order valence-corrected chi connectivity index (χ2v) is 5.65. The van der Waals surface area contributed by atoms with Gasteiger partial charge in [0, 0.05) is 29.2 Å². The van der Waals surface area contributed by atoms with Gasteiger partial charge in [0.25, 0.3) is 0 Å².